The summed E-state index contributed by atoms with van der Waals surface area (Å²) in [7, 11) is 0. The van der Waals surface area contributed by atoms with Crippen LogP contribution in [-0.2, 0) is 9.59 Å². The number of amides is 2. The first-order valence-corrected chi connectivity index (χ1v) is 14.2. The van der Waals surface area contributed by atoms with Crippen molar-refractivity contribution in [2.24, 2.45) is 34.7 Å². The molecule has 2 aliphatic carbocycles. The largest absolute Gasteiger partial charge is 0.307 e. The molecule has 0 radical (unpaired) electrons. The van der Waals surface area contributed by atoms with Crippen molar-refractivity contribution in [1.82, 2.24) is 9.99 Å². The highest BCUT2D eigenvalue weighted by molar-refractivity contribution is 8.00. The van der Waals surface area contributed by atoms with Crippen molar-refractivity contribution in [3.8, 4) is 0 Å². The van der Waals surface area contributed by atoms with Crippen LogP contribution in [0.1, 0.15) is 28.3 Å². The maximum absolute atomic E-state index is 13.6. The van der Waals surface area contributed by atoms with Gasteiger partial charge in [-0.25, -0.2) is 0 Å². The smallest absolute Gasteiger partial charge is 0.305 e. The lowest BCUT2D eigenvalue weighted by atomic mass is 9.68. The lowest BCUT2D eigenvalue weighted by Crippen LogP contribution is -2.42. The number of carbonyl (C=O) groups excluding carboxylic acids is 2. The van der Waals surface area contributed by atoms with E-state index in [0.717, 1.165) is 32.5 Å². The second kappa shape index (κ2) is 8.31. The van der Waals surface area contributed by atoms with Crippen LogP contribution in [0.15, 0.2) is 63.5 Å². The maximum atomic E-state index is 13.6. The Morgan fingerprint density at radius 2 is 1.56 bits per heavy atom. The highest BCUT2D eigenvalue weighted by atomic mass is 35.5. The van der Waals surface area contributed by atoms with Gasteiger partial charge in [-0.2, -0.15) is 10.1 Å². The van der Waals surface area contributed by atoms with E-state index in [0.29, 0.717) is 10.0 Å². The van der Waals surface area contributed by atoms with Gasteiger partial charge in [0.15, 0.2) is 0 Å². The Morgan fingerprint density at radius 3 is 2.25 bits per heavy atom. The molecule has 6 nitrogen and oxygen atoms in total. The molecule has 1 N–H and O–H groups in total. The average molecular weight is 556 g/mol. The number of fused-ring (bicyclic) bond motifs is 9. The first-order chi connectivity index (χ1) is 17.4. The van der Waals surface area contributed by atoms with Crippen molar-refractivity contribution in [2.75, 3.05) is 0 Å². The van der Waals surface area contributed by atoms with E-state index in [1.807, 2.05) is 24.3 Å². The minimum Gasteiger partial charge on any atom is -0.307 e. The standard InChI is InChI=1S/C26H19Cl2N3O3S2/c27-13-5-1-11(2-6-13)10-29-31-24(32)19-15-9-16(20(19)25(31)33)21-18(15)17(12-3-7-14(28)8-4-12)22-23(35-21)30-26(34)36-22/h1-8,10,15-21H,9H2,(H,30,34)/b29-10-/t15-,16-,17+,18-,19+,20-,21+/m1/s1. The third-order valence-electron chi connectivity index (χ3n) is 8.12. The van der Waals surface area contributed by atoms with Crippen LogP contribution in [0, 0.1) is 29.6 Å². The van der Waals surface area contributed by atoms with E-state index in [-0.39, 0.29) is 57.4 Å². The summed E-state index contributed by atoms with van der Waals surface area (Å²) < 4.78 is 0. The number of benzene rings is 2. The molecule has 10 heteroatoms. The number of H-pyrrole nitrogens is 1. The zero-order valence-electron chi connectivity index (χ0n) is 18.6. The number of imide groups is 1. The number of rotatable bonds is 3. The van der Waals surface area contributed by atoms with E-state index < -0.39 is 0 Å². The predicted molar refractivity (Wildman–Crippen MR) is 141 cm³/mol. The molecule has 4 aliphatic rings. The number of aromatic amines is 1. The lowest BCUT2D eigenvalue weighted by Gasteiger charge is -2.43. The zero-order valence-corrected chi connectivity index (χ0v) is 21.8. The average Bonchev–Trinajstić information content (AvgIpc) is 3.59. The first-order valence-electron chi connectivity index (χ1n) is 11.7. The molecule has 2 saturated carbocycles. The van der Waals surface area contributed by atoms with Gasteiger partial charge in [-0.1, -0.05) is 58.8 Å². The lowest BCUT2D eigenvalue weighted by molar-refractivity contribution is -0.140. The van der Waals surface area contributed by atoms with Gasteiger partial charge >= 0.3 is 4.87 Å². The molecule has 3 fully saturated rings. The summed E-state index contributed by atoms with van der Waals surface area (Å²) in [5.74, 6) is -0.917. The Labute approximate surface area is 224 Å². The molecule has 2 aromatic carbocycles. The summed E-state index contributed by atoms with van der Waals surface area (Å²) in [6.07, 6.45) is 2.38. The Kier molecular flexibility index (Phi) is 5.26. The van der Waals surface area contributed by atoms with Crippen molar-refractivity contribution in [2.45, 2.75) is 22.6 Å². The topological polar surface area (TPSA) is 82.6 Å². The van der Waals surface area contributed by atoms with Crippen molar-refractivity contribution < 1.29 is 9.59 Å². The maximum Gasteiger partial charge on any atom is 0.305 e. The highest BCUT2D eigenvalue weighted by Crippen LogP contribution is 2.68. The SMILES string of the molecule is O=C1[C@@H]2[C@H]3C[C@@H]([C@@H]2C(=O)N1/N=C\c1ccc(Cl)cc1)[C@@H]1[C@H](c2ccc(Cl)cc2)c2sc(=O)[nH]c2S[C@@H]31. The summed E-state index contributed by atoms with van der Waals surface area (Å²) in [5, 5.41) is 7.69. The van der Waals surface area contributed by atoms with Crippen LogP contribution in [0.4, 0.5) is 0 Å². The van der Waals surface area contributed by atoms with Crippen LogP contribution in [0.5, 0.6) is 0 Å². The number of thioether (sulfide) groups is 1. The molecule has 1 saturated heterocycles. The fourth-order valence-electron chi connectivity index (χ4n) is 6.83. The van der Waals surface area contributed by atoms with Crippen LogP contribution in [0.3, 0.4) is 0 Å². The monoisotopic (exact) mass is 555 g/mol. The minimum atomic E-state index is -0.376. The van der Waals surface area contributed by atoms with Crippen molar-refractivity contribution in [1.29, 1.82) is 0 Å². The van der Waals surface area contributed by atoms with E-state index in [4.69, 9.17) is 23.2 Å². The molecule has 182 valence electrons. The number of nitrogens with zero attached hydrogens (tertiary/aromatic N) is 2. The van der Waals surface area contributed by atoms with Crippen LogP contribution in [0.2, 0.25) is 10.0 Å². The summed E-state index contributed by atoms with van der Waals surface area (Å²) in [4.78, 5) is 43.3. The van der Waals surface area contributed by atoms with Gasteiger partial charge in [-0.3, -0.25) is 14.4 Å². The van der Waals surface area contributed by atoms with Crippen molar-refractivity contribution >= 4 is 64.3 Å². The van der Waals surface area contributed by atoms with Crippen molar-refractivity contribution in [3.63, 3.8) is 0 Å². The van der Waals surface area contributed by atoms with Crippen LogP contribution in [0.25, 0.3) is 0 Å². The predicted octanol–water partition coefficient (Wildman–Crippen LogP) is 5.25. The van der Waals surface area contributed by atoms with Crippen LogP contribution >= 0.6 is 46.3 Å². The molecule has 2 aliphatic heterocycles. The molecule has 36 heavy (non-hydrogen) atoms. The molecule has 7 atom stereocenters. The van der Waals surface area contributed by atoms with Gasteiger partial charge in [0, 0.05) is 26.1 Å². The Balaban J connectivity index is 1.25. The number of carbonyl (C=O) groups is 2. The van der Waals surface area contributed by atoms with Crippen LogP contribution < -0.4 is 4.87 Å². The van der Waals surface area contributed by atoms with Gasteiger partial charge in [0.1, 0.15) is 0 Å². The van der Waals surface area contributed by atoms with E-state index in [9.17, 15) is 14.4 Å². The number of nitrogens with one attached hydrogen (secondary N) is 1. The van der Waals surface area contributed by atoms with Gasteiger partial charge in [0.05, 0.1) is 23.1 Å². The van der Waals surface area contributed by atoms with Crippen molar-refractivity contribution in [3.05, 3.63) is 84.2 Å². The second-order valence-corrected chi connectivity index (χ2v) is 12.9. The number of hydrogen-bond acceptors (Lipinski definition) is 6. The molecule has 7 rings (SSSR count). The van der Waals surface area contributed by atoms with E-state index >= 15 is 0 Å². The molecule has 0 unspecified atom stereocenters. The summed E-state index contributed by atoms with van der Waals surface area (Å²) in [6, 6.07) is 14.8. The molecule has 0 spiro atoms. The highest BCUT2D eigenvalue weighted by Gasteiger charge is 2.69. The van der Waals surface area contributed by atoms with E-state index in [1.165, 1.54) is 17.6 Å². The van der Waals surface area contributed by atoms with E-state index in [1.54, 1.807) is 36.0 Å². The summed E-state index contributed by atoms with van der Waals surface area (Å²) in [5.41, 5.74) is 1.85. The van der Waals surface area contributed by atoms with Crippen LogP contribution in [-0.4, -0.2) is 33.3 Å². The third kappa shape index (κ3) is 3.31. The fraction of sp³-hybridized carbons (Fsp3) is 0.308. The number of halogens is 2. The Bertz CT molecular complexity index is 1480. The number of thiazole rings is 1. The third-order valence-corrected chi connectivity index (χ3v) is 11.2. The summed E-state index contributed by atoms with van der Waals surface area (Å²) in [6.45, 7) is 0. The molecular formula is C26H19Cl2N3O3S2. The van der Waals surface area contributed by atoms with Gasteiger partial charge in [-0.15, -0.1) is 11.8 Å². The van der Waals surface area contributed by atoms with E-state index in [2.05, 4.69) is 10.1 Å². The second-order valence-electron chi connectivity index (χ2n) is 9.80. The molecule has 1 aromatic heterocycles. The van der Waals surface area contributed by atoms with Gasteiger partial charge in [-0.05, 0) is 59.6 Å². The van der Waals surface area contributed by atoms with Gasteiger partial charge in [0.2, 0.25) is 0 Å². The quantitative estimate of drug-likeness (QED) is 0.353. The summed E-state index contributed by atoms with van der Waals surface area (Å²) >= 11 is 15.0. The fourth-order valence-corrected chi connectivity index (χ4v) is 9.97. The molecular weight excluding hydrogens is 537 g/mol. The van der Waals surface area contributed by atoms with Gasteiger partial charge < -0.3 is 4.98 Å². The molecule has 3 heterocycles. The number of aromatic nitrogens is 1. The normalized spacial score (nSPS) is 32.3. The Hall–Kier alpha value is -2.39. The molecule has 2 amide bonds. The number of hydrazone groups is 1. The molecule has 3 aromatic rings. The molecule has 2 bridgehead atoms. The Morgan fingerprint density at radius 1 is 0.917 bits per heavy atom. The zero-order chi connectivity index (χ0) is 24.7. The van der Waals surface area contributed by atoms with Gasteiger partial charge in [0.25, 0.3) is 11.8 Å². The minimum absolute atomic E-state index is 0.0158. The number of hydrogen-bond donors (Lipinski definition) is 1. The first kappa shape index (κ1) is 22.8.